The minimum Gasteiger partial charge on any atom is -0.385 e. The van der Waals surface area contributed by atoms with E-state index in [0.717, 1.165) is 44.0 Å². The zero-order valence-electron chi connectivity index (χ0n) is 13.0. The maximum absolute atomic E-state index is 11.1. The van der Waals surface area contributed by atoms with Gasteiger partial charge in [-0.15, -0.1) is 0 Å². The van der Waals surface area contributed by atoms with Crippen molar-refractivity contribution in [1.29, 1.82) is 0 Å². The number of likely N-dealkylation sites (N-methyl/N-ethyl adjacent to an activating group) is 1. The highest BCUT2D eigenvalue weighted by Gasteiger charge is 2.22. The first-order chi connectivity index (χ1) is 10.0. The Hall–Kier alpha value is -1.82. The van der Waals surface area contributed by atoms with Gasteiger partial charge in [0.1, 0.15) is 0 Å². The van der Waals surface area contributed by atoms with E-state index in [1.807, 2.05) is 6.07 Å². The van der Waals surface area contributed by atoms with Crippen LogP contribution >= 0.6 is 0 Å². The van der Waals surface area contributed by atoms with Gasteiger partial charge in [0.2, 0.25) is 0 Å². The van der Waals surface area contributed by atoms with Gasteiger partial charge < -0.3 is 15.1 Å². The molecule has 2 rings (SSSR count). The van der Waals surface area contributed by atoms with Gasteiger partial charge in [-0.1, -0.05) is 6.92 Å². The quantitative estimate of drug-likeness (QED) is 0.667. The Bertz CT molecular complexity index is 506. The SMILES string of the molecule is CCCNc1cc(N2CCN(C)C(C)C2)cc([N+](=O)[O-])c1. The van der Waals surface area contributed by atoms with Crippen LogP contribution in [0.1, 0.15) is 20.3 Å². The molecule has 0 bridgehead atoms. The van der Waals surface area contributed by atoms with Crippen molar-refractivity contribution in [2.45, 2.75) is 26.3 Å². The van der Waals surface area contributed by atoms with Gasteiger partial charge in [-0.25, -0.2) is 0 Å². The van der Waals surface area contributed by atoms with Gasteiger partial charge in [-0.2, -0.15) is 0 Å². The lowest BCUT2D eigenvalue weighted by Gasteiger charge is -2.39. The van der Waals surface area contributed by atoms with Crippen molar-refractivity contribution in [3.63, 3.8) is 0 Å². The maximum Gasteiger partial charge on any atom is 0.273 e. The second-order valence-corrected chi connectivity index (χ2v) is 5.70. The topological polar surface area (TPSA) is 61.6 Å². The molecule has 1 fully saturated rings. The molecule has 0 aromatic heterocycles. The van der Waals surface area contributed by atoms with Crippen LogP contribution in [0.2, 0.25) is 0 Å². The lowest BCUT2D eigenvalue weighted by atomic mass is 10.1. The summed E-state index contributed by atoms with van der Waals surface area (Å²) in [6.07, 6.45) is 0.990. The molecule has 0 radical (unpaired) electrons. The van der Waals surface area contributed by atoms with E-state index in [-0.39, 0.29) is 10.6 Å². The predicted octanol–water partition coefficient (Wildman–Crippen LogP) is 2.56. The Labute approximate surface area is 125 Å². The number of hydrogen-bond donors (Lipinski definition) is 1. The standard InChI is InChI=1S/C15H24N4O2/c1-4-5-16-13-8-14(10-15(9-13)19(20)21)18-7-6-17(3)12(2)11-18/h8-10,12,16H,4-7,11H2,1-3H3. The number of benzene rings is 1. The molecule has 1 saturated heterocycles. The number of piperazine rings is 1. The van der Waals surface area contributed by atoms with E-state index in [9.17, 15) is 10.1 Å². The Morgan fingerprint density at radius 1 is 1.38 bits per heavy atom. The fourth-order valence-corrected chi connectivity index (χ4v) is 2.54. The number of nitro groups is 1. The number of rotatable bonds is 5. The van der Waals surface area contributed by atoms with E-state index in [4.69, 9.17) is 0 Å². The normalized spacial score (nSPS) is 19.6. The van der Waals surface area contributed by atoms with Gasteiger partial charge >= 0.3 is 0 Å². The fourth-order valence-electron chi connectivity index (χ4n) is 2.54. The van der Waals surface area contributed by atoms with E-state index >= 15 is 0 Å². The summed E-state index contributed by atoms with van der Waals surface area (Å²) in [5.41, 5.74) is 1.91. The average Bonchev–Trinajstić information content (AvgIpc) is 2.47. The Kier molecular flexibility index (Phi) is 5.01. The number of hydrogen-bond acceptors (Lipinski definition) is 5. The number of nitrogens with zero attached hydrogens (tertiary/aromatic N) is 3. The summed E-state index contributed by atoms with van der Waals surface area (Å²) in [5.74, 6) is 0. The molecule has 1 aliphatic heterocycles. The molecule has 1 heterocycles. The van der Waals surface area contributed by atoms with Crippen molar-refractivity contribution in [1.82, 2.24) is 4.90 Å². The van der Waals surface area contributed by atoms with E-state index in [1.54, 1.807) is 12.1 Å². The van der Waals surface area contributed by atoms with Gasteiger partial charge in [0.15, 0.2) is 0 Å². The largest absolute Gasteiger partial charge is 0.385 e. The van der Waals surface area contributed by atoms with Crippen molar-refractivity contribution in [2.75, 3.05) is 43.4 Å². The molecule has 1 N–H and O–H groups in total. The summed E-state index contributed by atoms with van der Waals surface area (Å²) in [6.45, 7) is 7.84. The summed E-state index contributed by atoms with van der Waals surface area (Å²) in [4.78, 5) is 15.4. The van der Waals surface area contributed by atoms with Gasteiger partial charge in [0, 0.05) is 55.7 Å². The molecule has 1 aromatic rings. The van der Waals surface area contributed by atoms with E-state index in [1.165, 1.54) is 0 Å². The van der Waals surface area contributed by atoms with E-state index in [0.29, 0.717) is 6.04 Å². The average molecular weight is 292 g/mol. The van der Waals surface area contributed by atoms with Crippen molar-refractivity contribution in [3.05, 3.63) is 28.3 Å². The molecule has 0 spiro atoms. The number of nitro benzene ring substituents is 1. The van der Waals surface area contributed by atoms with Crippen LogP contribution in [0.5, 0.6) is 0 Å². The molecule has 21 heavy (non-hydrogen) atoms. The molecule has 1 unspecified atom stereocenters. The fraction of sp³-hybridized carbons (Fsp3) is 0.600. The highest BCUT2D eigenvalue weighted by atomic mass is 16.6. The molecular formula is C15H24N4O2. The van der Waals surface area contributed by atoms with Gasteiger partial charge in [-0.05, 0) is 26.5 Å². The predicted molar refractivity (Wildman–Crippen MR) is 86.2 cm³/mol. The van der Waals surface area contributed by atoms with Crippen LogP contribution in [-0.2, 0) is 0 Å². The van der Waals surface area contributed by atoms with E-state index in [2.05, 4.69) is 36.0 Å². The second-order valence-electron chi connectivity index (χ2n) is 5.70. The van der Waals surface area contributed by atoms with Crippen molar-refractivity contribution >= 4 is 17.1 Å². The van der Waals surface area contributed by atoms with Crippen LogP contribution in [0, 0.1) is 10.1 Å². The molecular weight excluding hydrogens is 268 g/mol. The lowest BCUT2D eigenvalue weighted by Crippen LogP contribution is -2.50. The molecule has 0 saturated carbocycles. The Morgan fingerprint density at radius 2 is 2.14 bits per heavy atom. The third-order valence-corrected chi connectivity index (χ3v) is 4.02. The first kappa shape index (κ1) is 15.6. The van der Waals surface area contributed by atoms with Gasteiger partial charge in [-0.3, -0.25) is 10.1 Å². The maximum atomic E-state index is 11.1. The minimum absolute atomic E-state index is 0.151. The van der Waals surface area contributed by atoms with Crippen LogP contribution in [-0.4, -0.2) is 49.1 Å². The first-order valence-corrected chi connectivity index (χ1v) is 7.49. The molecule has 116 valence electrons. The summed E-state index contributed by atoms with van der Waals surface area (Å²) in [5, 5.41) is 14.4. The molecule has 1 aromatic carbocycles. The first-order valence-electron chi connectivity index (χ1n) is 7.49. The van der Waals surface area contributed by atoms with Crippen molar-refractivity contribution < 1.29 is 4.92 Å². The van der Waals surface area contributed by atoms with Crippen molar-refractivity contribution in [3.8, 4) is 0 Å². The smallest absolute Gasteiger partial charge is 0.273 e. The van der Waals surface area contributed by atoms with E-state index < -0.39 is 0 Å². The third kappa shape index (κ3) is 3.85. The van der Waals surface area contributed by atoms with Crippen molar-refractivity contribution in [2.24, 2.45) is 0 Å². The zero-order chi connectivity index (χ0) is 15.4. The lowest BCUT2D eigenvalue weighted by molar-refractivity contribution is -0.384. The number of non-ortho nitro benzene ring substituents is 1. The summed E-state index contributed by atoms with van der Waals surface area (Å²) in [7, 11) is 2.11. The molecule has 0 aliphatic carbocycles. The van der Waals surface area contributed by atoms with Crippen LogP contribution in [0.25, 0.3) is 0 Å². The van der Waals surface area contributed by atoms with Gasteiger partial charge in [0.05, 0.1) is 4.92 Å². The molecule has 0 amide bonds. The molecule has 1 aliphatic rings. The Balaban J connectivity index is 2.25. The number of nitrogens with one attached hydrogen (secondary N) is 1. The highest BCUT2D eigenvalue weighted by Crippen LogP contribution is 2.28. The molecule has 6 nitrogen and oxygen atoms in total. The summed E-state index contributed by atoms with van der Waals surface area (Å²) < 4.78 is 0. The van der Waals surface area contributed by atoms with Gasteiger partial charge in [0.25, 0.3) is 5.69 Å². The van der Waals surface area contributed by atoms with Crippen LogP contribution in [0.15, 0.2) is 18.2 Å². The summed E-state index contributed by atoms with van der Waals surface area (Å²) >= 11 is 0. The second kappa shape index (κ2) is 6.76. The monoisotopic (exact) mass is 292 g/mol. The minimum atomic E-state index is -0.319. The Morgan fingerprint density at radius 3 is 2.76 bits per heavy atom. The number of anilines is 2. The highest BCUT2D eigenvalue weighted by molar-refractivity contribution is 5.64. The van der Waals surface area contributed by atoms with Crippen LogP contribution in [0.3, 0.4) is 0 Å². The van der Waals surface area contributed by atoms with Crippen LogP contribution in [0.4, 0.5) is 17.1 Å². The van der Waals surface area contributed by atoms with Crippen LogP contribution < -0.4 is 10.2 Å². The zero-order valence-corrected chi connectivity index (χ0v) is 13.0. The third-order valence-electron chi connectivity index (χ3n) is 4.02. The molecule has 6 heteroatoms. The molecule has 1 atom stereocenters. The summed E-state index contributed by atoms with van der Waals surface area (Å²) in [6, 6.07) is 5.75.